The molecule has 1 nitrogen and oxygen atoms in total. The Morgan fingerprint density at radius 1 is 1.14 bits per heavy atom. The van der Waals surface area contributed by atoms with E-state index in [1.165, 1.54) is 29.3 Å². The van der Waals surface area contributed by atoms with Crippen LogP contribution in [0.2, 0.25) is 0 Å². The Morgan fingerprint density at radius 2 is 1.90 bits per heavy atom. The smallest absolute Gasteiger partial charge is 0.0346 e. The van der Waals surface area contributed by atoms with Crippen molar-refractivity contribution in [1.29, 1.82) is 0 Å². The van der Waals surface area contributed by atoms with Crippen molar-refractivity contribution < 1.29 is 0 Å². The quantitative estimate of drug-likeness (QED) is 0.673. The van der Waals surface area contributed by atoms with Gasteiger partial charge in [0.2, 0.25) is 0 Å². The van der Waals surface area contributed by atoms with Gasteiger partial charge in [-0.25, -0.2) is 0 Å². The van der Waals surface area contributed by atoms with Gasteiger partial charge in [0, 0.05) is 16.7 Å². The number of fused-ring (bicyclic) bond motifs is 1. The normalized spacial score (nSPS) is 22.1. The van der Waals surface area contributed by atoms with E-state index < -0.39 is 0 Å². The summed E-state index contributed by atoms with van der Waals surface area (Å²) in [6, 6.07) is 13.1. The minimum atomic E-state index is 0.722. The summed E-state index contributed by atoms with van der Waals surface area (Å²) in [5, 5.41) is 6.19. The van der Waals surface area contributed by atoms with Gasteiger partial charge in [-0.2, -0.15) is 0 Å². The Kier molecular flexibility index (Phi) is 4.34. The fourth-order valence-corrected chi connectivity index (χ4v) is 3.81. The van der Waals surface area contributed by atoms with Crippen LogP contribution in [0.25, 0.3) is 10.8 Å². The van der Waals surface area contributed by atoms with Gasteiger partial charge < -0.3 is 5.32 Å². The van der Waals surface area contributed by atoms with Crippen molar-refractivity contribution in [3.63, 3.8) is 0 Å². The van der Waals surface area contributed by atoms with Crippen molar-refractivity contribution in [3.8, 4) is 0 Å². The molecule has 0 heterocycles. The number of benzene rings is 2. The zero-order valence-corrected chi connectivity index (χ0v) is 14.3. The van der Waals surface area contributed by atoms with Crippen LogP contribution < -0.4 is 5.32 Å². The molecule has 2 aromatic carbocycles. The summed E-state index contributed by atoms with van der Waals surface area (Å²) in [4.78, 5) is 0. The minimum Gasteiger partial charge on any atom is -0.385 e. The molecule has 0 aliphatic heterocycles. The lowest BCUT2D eigenvalue weighted by atomic mass is 9.84. The molecule has 0 saturated carbocycles. The zero-order valence-electron chi connectivity index (χ0n) is 12.7. The predicted molar refractivity (Wildman–Crippen MR) is 95.8 cm³/mol. The summed E-state index contributed by atoms with van der Waals surface area (Å²) < 4.78 is 1.13. The van der Waals surface area contributed by atoms with Gasteiger partial charge in [-0.15, -0.1) is 0 Å². The molecule has 0 spiro atoms. The van der Waals surface area contributed by atoms with Gasteiger partial charge in [0.05, 0.1) is 0 Å². The van der Waals surface area contributed by atoms with Crippen molar-refractivity contribution in [1.82, 2.24) is 0 Å². The number of nitrogens with one attached hydrogen (secondary N) is 1. The predicted octanol–water partition coefficient (Wildman–Crippen LogP) is 6.01. The third-order valence-electron chi connectivity index (χ3n) is 4.28. The number of rotatable bonds is 3. The van der Waals surface area contributed by atoms with Crippen LogP contribution in [-0.2, 0) is 0 Å². The van der Waals surface area contributed by atoms with E-state index in [0.29, 0.717) is 0 Å². The van der Waals surface area contributed by atoms with E-state index in [4.69, 9.17) is 0 Å². The maximum Gasteiger partial charge on any atom is 0.0346 e. The van der Waals surface area contributed by atoms with Gasteiger partial charge in [0.1, 0.15) is 0 Å². The third kappa shape index (κ3) is 3.68. The summed E-state index contributed by atoms with van der Waals surface area (Å²) in [5.41, 5.74) is 2.77. The molecular formula is C19H22BrN. The lowest BCUT2D eigenvalue weighted by molar-refractivity contribution is 0.421. The molecule has 110 valence electrons. The molecule has 0 bridgehead atoms. The first-order chi connectivity index (χ1) is 10.1. The lowest BCUT2D eigenvalue weighted by Gasteiger charge is -2.26. The monoisotopic (exact) mass is 343 g/mol. The molecule has 1 aliphatic carbocycles. The molecule has 3 rings (SSSR count). The van der Waals surface area contributed by atoms with Crippen LogP contribution in [0, 0.1) is 11.8 Å². The molecule has 21 heavy (non-hydrogen) atoms. The Hall–Kier alpha value is -1.28. The van der Waals surface area contributed by atoms with Gasteiger partial charge >= 0.3 is 0 Å². The second kappa shape index (κ2) is 6.23. The molecule has 2 heteroatoms. The van der Waals surface area contributed by atoms with Crippen LogP contribution >= 0.6 is 15.9 Å². The largest absolute Gasteiger partial charge is 0.385 e. The van der Waals surface area contributed by atoms with Crippen molar-refractivity contribution in [3.05, 3.63) is 52.5 Å². The van der Waals surface area contributed by atoms with Crippen LogP contribution in [0.1, 0.15) is 26.7 Å². The molecule has 0 saturated heterocycles. The van der Waals surface area contributed by atoms with E-state index in [1.807, 2.05) is 0 Å². The van der Waals surface area contributed by atoms with Crippen LogP contribution in [0.5, 0.6) is 0 Å². The SMILES string of the molecule is CC1=CC(C)CC(CNc2ccc3cc(Br)ccc3c2)C1. The second-order valence-electron chi connectivity index (χ2n) is 6.38. The zero-order chi connectivity index (χ0) is 14.8. The van der Waals surface area contributed by atoms with E-state index in [1.54, 1.807) is 5.57 Å². The van der Waals surface area contributed by atoms with Crippen LogP contribution in [0.3, 0.4) is 0 Å². The number of anilines is 1. The minimum absolute atomic E-state index is 0.722. The molecule has 2 atom stereocenters. The number of halogens is 1. The highest BCUT2D eigenvalue weighted by Crippen LogP contribution is 2.28. The number of allylic oxidation sites excluding steroid dienone is 2. The standard InChI is InChI=1S/C19H22BrN/c1-13-7-14(2)9-15(8-13)12-21-19-6-4-16-10-18(20)5-3-17(16)11-19/h3-7,10-11,13,15,21H,8-9,12H2,1-2H3. The number of hydrogen-bond acceptors (Lipinski definition) is 1. The van der Waals surface area contributed by atoms with Crippen molar-refractivity contribution >= 4 is 32.4 Å². The maximum absolute atomic E-state index is 3.62. The van der Waals surface area contributed by atoms with E-state index >= 15 is 0 Å². The van der Waals surface area contributed by atoms with Gasteiger partial charge in [-0.1, -0.05) is 46.6 Å². The average Bonchev–Trinajstić information content (AvgIpc) is 2.44. The van der Waals surface area contributed by atoms with Crippen LogP contribution in [0.15, 0.2) is 52.5 Å². The first-order valence-electron chi connectivity index (χ1n) is 7.70. The summed E-state index contributed by atoms with van der Waals surface area (Å²) in [7, 11) is 0. The topological polar surface area (TPSA) is 12.0 Å². The molecule has 2 aromatic rings. The third-order valence-corrected chi connectivity index (χ3v) is 4.78. The second-order valence-corrected chi connectivity index (χ2v) is 7.30. The average molecular weight is 344 g/mol. The first-order valence-corrected chi connectivity index (χ1v) is 8.50. The molecule has 0 aromatic heterocycles. The molecule has 0 fully saturated rings. The highest BCUT2D eigenvalue weighted by atomic mass is 79.9. The summed E-state index contributed by atoms with van der Waals surface area (Å²) in [6.45, 7) is 5.65. The summed E-state index contributed by atoms with van der Waals surface area (Å²) in [6.07, 6.45) is 4.95. The van der Waals surface area contributed by atoms with Gasteiger partial charge in [0.25, 0.3) is 0 Å². The Bertz CT molecular complexity index is 674. The number of hydrogen-bond donors (Lipinski definition) is 1. The molecule has 2 unspecified atom stereocenters. The molecule has 0 amide bonds. The fourth-order valence-electron chi connectivity index (χ4n) is 3.43. The maximum atomic E-state index is 3.62. The Labute approximate surface area is 135 Å². The van der Waals surface area contributed by atoms with Crippen molar-refractivity contribution in [2.45, 2.75) is 26.7 Å². The molecule has 0 radical (unpaired) electrons. The Balaban J connectivity index is 1.68. The summed E-state index contributed by atoms with van der Waals surface area (Å²) >= 11 is 3.52. The fraction of sp³-hybridized carbons (Fsp3) is 0.368. The molecule has 1 N–H and O–H groups in total. The summed E-state index contributed by atoms with van der Waals surface area (Å²) in [5.74, 6) is 1.48. The Morgan fingerprint density at radius 3 is 2.71 bits per heavy atom. The van der Waals surface area contributed by atoms with E-state index in [-0.39, 0.29) is 0 Å². The molecule has 1 aliphatic rings. The van der Waals surface area contributed by atoms with Crippen molar-refractivity contribution in [2.75, 3.05) is 11.9 Å². The van der Waals surface area contributed by atoms with Gasteiger partial charge in [-0.3, -0.25) is 0 Å². The van der Waals surface area contributed by atoms with Gasteiger partial charge in [0.15, 0.2) is 0 Å². The van der Waals surface area contributed by atoms with Crippen molar-refractivity contribution in [2.24, 2.45) is 11.8 Å². The first kappa shape index (κ1) is 14.6. The highest BCUT2D eigenvalue weighted by Gasteiger charge is 2.17. The van der Waals surface area contributed by atoms with E-state index in [0.717, 1.165) is 22.9 Å². The lowest BCUT2D eigenvalue weighted by Crippen LogP contribution is -2.20. The highest BCUT2D eigenvalue weighted by molar-refractivity contribution is 9.10. The van der Waals surface area contributed by atoms with Gasteiger partial charge in [-0.05, 0) is 66.6 Å². The molecular weight excluding hydrogens is 322 g/mol. The van der Waals surface area contributed by atoms with Crippen LogP contribution in [0.4, 0.5) is 5.69 Å². The van der Waals surface area contributed by atoms with E-state index in [2.05, 4.69) is 77.6 Å². The van der Waals surface area contributed by atoms with E-state index in [9.17, 15) is 0 Å². The van der Waals surface area contributed by atoms with Crippen LogP contribution in [-0.4, -0.2) is 6.54 Å².